The van der Waals surface area contributed by atoms with E-state index < -0.39 is 16.1 Å². The van der Waals surface area contributed by atoms with E-state index >= 15 is 0 Å². The van der Waals surface area contributed by atoms with E-state index in [1.165, 1.54) is 23.6 Å². The lowest BCUT2D eigenvalue weighted by Crippen LogP contribution is -2.19. The SMILES string of the molecule is C[Si](C)(C)CCSC#CSCC[Si](C)(C)C. The van der Waals surface area contributed by atoms with Crippen LogP contribution in [0.3, 0.4) is 0 Å². The highest BCUT2D eigenvalue weighted by atomic mass is 32.2. The molecule has 0 bridgehead atoms. The maximum atomic E-state index is 3.21. The summed E-state index contributed by atoms with van der Waals surface area (Å²) in [5.74, 6) is 2.44. The topological polar surface area (TPSA) is 0 Å². The Bertz CT molecular complexity index is 216. The van der Waals surface area contributed by atoms with E-state index in [1.54, 1.807) is 23.5 Å². The molecule has 0 aliphatic rings. The molecule has 0 saturated carbocycles. The van der Waals surface area contributed by atoms with Crippen molar-refractivity contribution in [2.75, 3.05) is 11.5 Å². The minimum absolute atomic E-state index is 0.847. The Labute approximate surface area is 113 Å². The van der Waals surface area contributed by atoms with Crippen LogP contribution in [0.15, 0.2) is 0 Å². The first kappa shape index (κ1) is 16.7. The zero-order valence-corrected chi connectivity index (χ0v) is 15.3. The van der Waals surface area contributed by atoms with Crippen LogP contribution in [-0.2, 0) is 0 Å². The molecular weight excluding hydrogens is 264 g/mol. The van der Waals surface area contributed by atoms with E-state index in [1.807, 2.05) is 0 Å². The second kappa shape index (κ2) is 7.91. The summed E-state index contributed by atoms with van der Waals surface area (Å²) in [4.78, 5) is 0. The zero-order valence-electron chi connectivity index (χ0n) is 11.6. The van der Waals surface area contributed by atoms with Crippen LogP contribution in [0.2, 0.25) is 51.4 Å². The van der Waals surface area contributed by atoms with Gasteiger partial charge in [-0.15, -0.1) is 0 Å². The lowest BCUT2D eigenvalue weighted by atomic mass is 10.9. The third kappa shape index (κ3) is 14.7. The van der Waals surface area contributed by atoms with Crippen molar-refractivity contribution in [2.45, 2.75) is 51.4 Å². The molecule has 16 heavy (non-hydrogen) atoms. The normalized spacial score (nSPS) is 12.1. The molecule has 0 aliphatic heterocycles. The first-order chi connectivity index (χ1) is 7.21. The van der Waals surface area contributed by atoms with Crippen molar-refractivity contribution >= 4 is 39.7 Å². The van der Waals surface area contributed by atoms with Crippen molar-refractivity contribution in [3.63, 3.8) is 0 Å². The quantitative estimate of drug-likeness (QED) is 0.381. The van der Waals surface area contributed by atoms with Crippen molar-refractivity contribution < 1.29 is 0 Å². The van der Waals surface area contributed by atoms with E-state index in [2.05, 4.69) is 49.8 Å². The smallest absolute Gasteiger partial charge is 0.0451 e. The Morgan fingerprint density at radius 2 is 1.00 bits per heavy atom. The fourth-order valence-electron chi connectivity index (χ4n) is 0.875. The zero-order chi connectivity index (χ0) is 12.7. The molecule has 0 fully saturated rings. The van der Waals surface area contributed by atoms with Crippen LogP contribution in [0.5, 0.6) is 0 Å². The van der Waals surface area contributed by atoms with Gasteiger partial charge >= 0.3 is 0 Å². The van der Waals surface area contributed by atoms with Gasteiger partial charge in [-0.25, -0.2) is 0 Å². The summed E-state index contributed by atoms with van der Waals surface area (Å²) >= 11 is 3.60. The summed E-state index contributed by atoms with van der Waals surface area (Å²) in [6.45, 7) is 14.5. The van der Waals surface area contributed by atoms with Crippen molar-refractivity contribution in [1.29, 1.82) is 0 Å². The van der Waals surface area contributed by atoms with Crippen LogP contribution in [-0.4, -0.2) is 27.7 Å². The van der Waals surface area contributed by atoms with E-state index in [0.29, 0.717) is 0 Å². The van der Waals surface area contributed by atoms with Crippen LogP contribution >= 0.6 is 23.5 Å². The Balaban J connectivity index is 3.43. The van der Waals surface area contributed by atoms with E-state index in [0.717, 1.165) is 0 Å². The van der Waals surface area contributed by atoms with E-state index in [-0.39, 0.29) is 0 Å². The van der Waals surface area contributed by atoms with Gasteiger partial charge in [0.2, 0.25) is 0 Å². The molecule has 0 spiro atoms. The van der Waals surface area contributed by atoms with E-state index in [9.17, 15) is 0 Å². The summed E-state index contributed by atoms with van der Waals surface area (Å²) in [6.07, 6.45) is 0. The predicted molar refractivity (Wildman–Crippen MR) is 89.0 cm³/mol. The first-order valence-electron chi connectivity index (χ1n) is 5.94. The van der Waals surface area contributed by atoms with Gasteiger partial charge in [0.1, 0.15) is 0 Å². The molecule has 0 rings (SSSR count). The van der Waals surface area contributed by atoms with E-state index in [4.69, 9.17) is 0 Å². The van der Waals surface area contributed by atoms with Gasteiger partial charge in [0.25, 0.3) is 0 Å². The molecule has 94 valence electrons. The Morgan fingerprint density at radius 3 is 1.25 bits per heavy atom. The van der Waals surface area contributed by atoms with Gasteiger partial charge in [0.05, 0.1) is 0 Å². The van der Waals surface area contributed by atoms with Crippen molar-refractivity contribution in [3.8, 4) is 10.5 Å². The van der Waals surface area contributed by atoms with Gasteiger partial charge in [-0.3, -0.25) is 0 Å². The van der Waals surface area contributed by atoms with Gasteiger partial charge in [-0.1, -0.05) is 62.8 Å². The van der Waals surface area contributed by atoms with Crippen LogP contribution in [0.25, 0.3) is 0 Å². The number of hydrogen-bond acceptors (Lipinski definition) is 2. The lowest BCUT2D eigenvalue weighted by Gasteiger charge is -2.13. The molecule has 0 saturated heterocycles. The number of rotatable bonds is 6. The average molecular weight is 291 g/mol. The molecule has 0 aromatic rings. The number of hydrogen-bond donors (Lipinski definition) is 0. The van der Waals surface area contributed by atoms with Gasteiger partial charge in [0, 0.05) is 27.7 Å². The van der Waals surface area contributed by atoms with Crippen LogP contribution < -0.4 is 0 Å². The maximum absolute atomic E-state index is 3.21. The molecule has 0 heterocycles. The highest BCUT2D eigenvalue weighted by molar-refractivity contribution is 8.07. The summed E-state index contributed by atoms with van der Waals surface area (Å²) in [6, 6.07) is 2.76. The monoisotopic (exact) mass is 290 g/mol. The van der Waals surface area contributed by atoms with Gasteiger partial charge in [0.15, 0.2) is 0 Å². The summed E-state index contributed by atoms with van der Waals surface area (Å²) in [5, 5.41) is 6.42. The fourth-order valence-corrected chi connectivity index (χ4v) is 7.27. The molecule has 4 heteroatoms. The molecule has 0 radical (unpaired) electrons. The Morgan fingerprint density at radius 1 is 0.688 bits per heavy atom. The molecule has 0 aliphatic carbocycles. The van der Waals surface area contributed by atoms with Crippen molar-refractivity contribution in [2.24, 2.45) is 0 Å². The van der Waals surface area contributed by atoms with Crippen LogP contribution in [0.4, 0.5) is 0 Å². The van der Waals surface area contributed by atoms with Crippen LogP contribution in [0, 0.1) is 10.5 Å². The summed E-state index contributed by atoms with van der Waals surface area (Å²) in [5.41, 5.74) is 0. The molecule has 0 amide bonds. The minimum atomic E-state index is -0.847. The standard InChI is InChI=1S/C12H26S2Si2/c1-15(2,3)11-9-13-7-8-14-10-12-16(4,5)6/h9-12H2,1-6H3. The van der Waals surface area contributed by atoms with Gasteiger partial charge < -0.3 is 0 Å². The first-order valence-corrected chi connectivity index (χ1v) is 15.3. The highest BCUT2D eigenvalue weighted by Crippen LogP contribution is 2.15. The largest absolute Gasteiger partial charge is 0.0745 e. The predicted octanol–water partition coefficient (Wildman–Crippen LogP) is 5.05. The highest BCUT2D eigenvalue weighted by Gasteiger charge is 2.12. The lowest BCUT2D eigenvalue weighted by molar-refractivity contribution is 1.38. The average Bonchev–Trinajstić information content (AvgIpc) is 2.06. The third-order valence-corrected chi connectivity index (χ3v) is 7.76. The van der Waals surface area contributed by atoms with Crippen molar-refractivity contribution in [1.82, 2.24) is 0 Å². The van der Waals surface area contributed by atoms with Crippen LogP contribution in [0.1, 0.15) is 0 Å². The van der Waals surface area contributed by atoms with Gasteiger partial charge in [-0.05, 0) is 22.6 Å². The minimum Gasteiger partial charge on any atom is -0.0745 e. The molecule has 0 unspecified atom stereocenters. The second-order valence-electron chi connectivity index (χ2n) is 6.52. The fraction of sp³-hybridized carbons (Fsp3) is 0.833. The Kier molecular flexibility index (Phi) is 8.26. The number of thioether (sulfide) groups is 2. The summed E-state index contributed by atoms with van der Waals surface area (Å²) in [7, 11) is -1.69. The Hall–Kier alpha value is 0.694. The summed E-state index contributed by atoms with van der Waals surface area (Å²) < 4.78 is 0. The van der Waals surface area contributed by atoms with Crippen molar-refractivity contribution in [3.05, 3.63) is 0 Å². The maximum Gasteiger partial charge on any atom is 0.0451 e. The second-order valence-corrected chi connectivity index (χ2v) is 19.6. The molecule has 0 aromatic heterocycles. The third-order valence-electron chi connectivity index (χ3n) is 2.09. The molecule has 0 aromatic carbocycles. The molecule has 0 N–H and O–H groups in total. The molecular formula is C12H26S2Si2. The molecule has 0 nitrogen and oxygen atoms in total. The van der Waals surface area contributed by atoms with Gasteiger partial charge in [-0.2, -0.15) is 0 Å². The molecule has 0 atom stereocenters.